The van der Waals surface area contributed by atoms with Crippen LogP contribution in [0, 0.1) is 0 Å². The molecule has 3 aromatic rings. The summed E-state index contributed by atoms with van der Waals surface area (Å²) in [6.07, 6.45) is -4.61. The number of alkyl halides is 3. The normalized spacial score (nSPS) is 11.7. The monoisotopic (exact) mass is 512 g/mol. The zero-order chi connectivity index (χ0) is 24.9. The number of likely N-dealkylation sites (N-methyl/N-ethyl adjacent to an activating group) is 1. The maximum atomic E-state index is 12.9. The van der Waals surface area contributed by atoms with Gasteiger partial charge in [-0.05, 0) is 42.0 Å². The molecular weight excluding hydrogens is 493 g/mol. The highest BCUT2D eigenvalue weighted by Gasteiger charge is 2.30. The Morgan fingerprint density at radius 3 is 2.38 bits per heavy atom. The summed E-state index contributed by atoms with van der Waals surface area (Å²) in [7, 11) is -2.61. The van der Waals surface area contributed by atoms with E-state index in [2.05, 4.69) is 4.72 Å². The predicted molar refractivity (Wildman–Crippen MR) is 122 cm³/mol. The van der Waals surface area contributed by atoms with Crippen molar-refractivity contribution in [3.63, 3.8) is 0 Å². The van der Waals surface area contributed by atoms with Gasteiger partial charge in [-0.25, -0.2) is 8.42 Å². The maximum Gasteiger partial charge on any atom is 0.416 e. The quantitative estimate of drug-likeness (QED) is 0.450. The fourth-order valence-electron chi connectivity index (χ4n) is 2.93. The molecule has 0 spiro atoms. The Hall–Kier alpha value is -3.24. The van der Waals surface area contributed by atoms with E-state index in [1.807, 2.05) is 30.3 Å². The molecule has 0 aliphatic heterocycles. The number of hydrogen-bond donors (Lipinski definition) is 1. The fraction of sp³-hybridized carbons (Fsp3) is 0.174. The topological polar surface area (TPSA) is 75.7 Å². The number of sulfonamides is 1. The molecule has 3 rings (SSSR count). The molecule has 0 bridgehead atoms. The smallest absolute Gasteiger partial charge is 0.416 e. The second kappa shape index (κ2) is 10.4. The van der Waals surface area contributed by atoms with Crippen molar-refractivity contribution in [2.24, 2.45) is 0 Å². The number of carbonyl (C=O) groups is 1. The highest BCUT2D eigenvalue weighted by atomic mass is 35.5. The van der Waals surface area contributed by atoms with Gasteiger partial charge >= 0.3 is 6.18 Å². The first kappa shape index (κ1) is 25.4. The van der Waals surface area contributed by atoms with Crippen LogP contribution < -0.4 is 9.46 Å². The highest BCUT2D eigenvalue weighted by Crippen LogP contribution is 2.32. The number of carbonyl (C=O) groups excluding carboxylic acids is 1. The van der Waals surface area contributed by atoms with Gasteiger partial charge in [0.15, 0.2) is 6.61 Å². The standard InChI is InChI=1S/C23H20ClF3N2O4S/c1-29(14-16-6-3-2-4-7-16)22(30)15-33-21-11-10-19(13-20(21)24)34(31,32)28-18-9-5-8-17(12-18)23(25,26)27/h2-13,28H,14-15H2,1H3. The number of ether oxygens (including phenoxy) is 1. The first-order valence-electron chi connectivity index (χ1n) is 9.86. The third-order valence-electron chi connectivity index (χ3n) is 4.70. The molecule has 180 valence electrons. The molecule has 0 atom stereocenters. The average molecular weight is 513 g/mol. The van der Waals surface area contributed by atoms with Gasteiger partial charge in [-0.1, -0.05) is 48.0 Å². The fourth-order valence-corrected chi connectivity index (χ4v) is 4.31. The van der Waals surface area contributed by atoms with Crippen LogP contribution >= 0.6 is 11.6 Å². The van der Waals surface area contributed by atoms with E-state index in [0.717, 1.165) is 23.8 Å². The second-order valence-corrected chi connectivity index (χ2v) is 9.39. The van der Waals surface area contributed by atoms with Crippen LogP contribution in [-0.2, 0) is 27.5 Å². The van der Waals surface area contributed by atoms with Crippen molar-refractivity contribution >= 4 is 33.2 Å². The molecule has 0 radical (unpaired) electrons. The minimum Gasteiger partial charge on any atom is -0.482 e. The third-order valence-corrected chi connectivity index (χ3v) is 6.37. The zero-order valence-electron chi connectivity index (χ0n) is 17.8. The van der Waals surface area contributed by atoms with Gasteiger partial charge in [0.2, 0.25) is 0 Å². The number of halogens is 4. The first-order chi connectivity index (χ1) is 16.0. The van der Waals surface area contributed by atoms with Crippen LogP contribution in [0.5, 0.6) is 5.75 Å². The van der Waals surface area contributed by atoms with Crippen molar-refractivity contribution < 1.29 is 31.1 Å². The van der Waals surface area contributed by atoms with Gasteiger partial charge in [0, 0.05) is 19.3 Å². The minimum absolute atomic E-state index is 0.0783. The van der Waals surface area contributed by atoms with Crippen LogP contribution in [0.1, 0.15) is 11.1 Å². The van der Waals surface area contributed by atoms with Crippen LogP contribution in [0.2, 0.25) is 5.02 Å². The largest absolute Gasteiger partial charge is 0.482 e. The van der Waals surface area contributed by atoms with Gasteiger partial charge in [-0.15, -0.1) is 0 Å². The number of amides is 1. The summed E-state index contributed by atoms with van der Waals surface area (Å²) >= 11 is 6.13. The molecule has 1 amide bonds. The molecule has 0 saturated carbocycles. The van der Waals surface area contributed by atoms with E-state index in [9.17, 15) is 26.4 Å². The molecule has 0 aromatic heterocycles. The molecule has 6 nitrogen and oxygen atoms in total. The summed E-state index contributed by atoms with van der Waals surface area (Å²) in [5.74, 6) is -0.232. The second-order valence-electron chi connectivity index (χ2n) is 7.30. The van der Waals surface area contributed by atoms with E-state index in [4.69, 9.17) is 16.3 Å². The molecule has 1 N–H and O–H groups in total. The molecule has 3 aromatic carbocycles. The number of anilines is 1. The van der Waals surface area contributed by atoms with Gasteiger partial charge in [0.25, 0.3) is 15.9 Å². The molecule has 11 heteroatoms. The molecule has 34 heavy (non-hydrogen) atoms. The highest BCUT2D eigenvalue weighted by molar-refractivity contribution is 7.92. The van der Waals surface area contributed by atoms with Crippen molar-refractivity contribution in [1.29, 1.82) is 0 Å². The summed E-state index contributed by atoms with van der Waals surface area (Å²) in [5.41, 5.74) is -0.297. The van der Waals surface area contributed by atoms with Crippen molar-refractivity contribution in [2.75, 3.05) is 18.4 Å². The molecule has 0 fully saturated rings. The first-order valence-corrected chi connectivity index (χ1v) is 11.7. The molecule has 0 heterocycles. The van der Waals surface area contributed by atoms with E-state index in [-0.39, 0.29) is 33.9 Å². The summed E-state index contributed by atoms with van der Waals surface area (Å²) < 4.78 is 71.4. The Kier molecular flexibility index (Phi) is 7.73. The van der Waals surface area contributed by atoms with Crippen LogP contribution in [0.3, 0.4) is 0 Å². The Morgan fingerprint density at radius 1 is 1.03 bits per heavy atom. The van der Waals surface area contributed by atoms with Crippen LogP contribution in [0.25, 0.3) is 0 Å². The number of nitrogens with one attached hydrogen (secondary N) is 1. The number of hydrogen-bond acceptors (Lipinski definition) is 4. The lowest BCUT2D eigenvalue weighted by atomic mass is 10.2. The number of nitrogens with zero attached hydrogens (tertiary/aromatic N) is 1. The van der Waals surface area contributed by atoms with Crippen LogP contribution in [0.15, 0.2) is 77.7 Å². The third kappa shape index (κ3) is 6.64. The molecular formula is C23H20ClF3N2O4S. The number of rotatable bonds is 8. The summed E-state index contributed by atoms with van der Waals surface area (Å²) in [6.45, 7) is 0.0623. The van der Waals surface area contributed by atoms with Crippen molar-refractivity contribution in [3.05, 3.63) is 88.9 Å². The molecule has 0 saturated heterocycles. The maximum absolute atomic E-state index is 12.9. The van der Waals surface area contributed by atoms with Crippen LogP contribution in [0.4, 0.5) is 18.9 Å². The van der Waals surface area contributed by atoms with Gasteiger partial charge in [0.05, 0.1) is 15.5 Å². The molecule has 0 aliphatic rings. The minimum atomic E-state index is -4.61. The SMILES string of the molecule is CN(Cc1ccccc1)C(=O)COc1ccc(S(=O)(=O)Nc2cccc(C(F)(F)F)c2)cc1Cl. The number of benzene rings is 3. The zero-order valence-corrected chi connectivity index (χ0v) is 19.4. The average Bonchev–Trinajstić information content (AvgIpc) is 2.78. The Bertz CT molecular complexity index is 1270. The lowest BCUT2D eigenvalue weighted by Crippen LogP contribution is -2.31. The Balaban J connectivity index is 1.65. The summed E-state index contributed by atoms with van der Waals surface area (Å²) in [4.78, 5) is 13.5. The Labute approximate surface area is 200 Å². The van der Waals surface area contributed by atoms with Crippen molar-refractivity contribution in [3.8, 4) is 5.75 Å². The van der Waals surface area contributed by atoms with E-state index >= 15 is 0 Å². The molecule has 0 unspecified atom stereocenters. The van der Waals surface area contributed by atoms with Crippen LogP contribution in [-0.4, -0.2) is 32.9 Å². The summed E-state index contributed by atoms with van der Waals surface area (Å²) in [5, 5.41) is -0.0783. The van der Waals surface area contributed by atoms with Gasteiger partial charge in [-0.2, -0.15) is 13.2 Å². The van der Waals surface area contributed by atoms with E-state index in [1.54, 1.807) is 7.05 Å². The Morgan fingerprint density at radius 2 is 1.74 bits per heavy atom. The lowest BCUT2D eigenvalue weighted by Gasteiger charge is -2.18. The van der Waals surface area contributed by atoms with Gasteiger partial charge < -0.3 is 9.64 Å². The predicted octanol–water partition coefficient (Wildman–Crippen LogP) is 5.20. The van der Waals surface area contributed by atoms with Crippen molar-refractivity contribution in [2.45, 2.75) is 17.6 Å². The van der Waals surface area contributed by atoms with Crippen molar-refractivity contribution in [1.82, 2.24) is 4.90 Å². The van der Waals surface area contributed by atoms with Gasteiger partial charge in [0.1, 0.15) is 5.75 Å². The van der Waals surface area contributed by atoms with Gasteiger partial charge in [-0.3, -0.25) is 9.52 Å². The van der Waals surface area contributed by atoms with E-state index < -0.39 is 21.8 Å². The summed E-state index contributed by atoms with van der Waals surface area (Å²) in [6, 6.07) is 16.7. The van der Waals surface area contributed by atoms with E-state index in [0.29, 0.717) is 12.6 Å². The van der Waals surface area contributed by atoms with E-state index in [1.165, 1.54) is 23.1 Å². The lowest BCUT2D eigenvalue weighted by molar-refractivity contribution is -0.137. The molecule has 0 aliphatic carbocycles.